The fraction of sp³-hybridized carbons (Fsp3) is 0.417. The molecule has 0 amide bonds. The van der Waals surface area contributed by atoms with E-state index >= 15 is 0 Å². The highest BCUT2D eigenvalue weighted by Gasteiger charge is 2.18. The van der Waals surface area contributed by atoms with Gasteiger partial charge in [-0.25, -0.2) is 0 Å². The monoisotopic (exact) mass is 378 g/mol. The molecule has 104 valence electrons. The first-order chi connectivity index (χ1) is 8.86. The molecule has 0 fully saturated rings. The van der Waals surface area contributed by atoms with Crippen LogP contribution in [0.2, 0.25) is 0 Å². The predicted octanol–water partition coefficient (Wildman–Crippen LogP) is 2.75. The highest BCUT2D eigenvalue weighted by molar-refractivity contribution is 14.1. The molecule has 0 saturated carbocycles. The largest absolute Gasteiger partial charge is 0.481 e. The average Bonchev–Trinajstić information content (AvgIpc) is 2.35. The van der Waals surface area contributed by atoms with E-state index in [9.17, 15) is 14.9 Å². The second-order valence-corrected chi connectivity index (χ2v) is 5.33. The maximum atomic E-state index is 10.9. The number of nitrogens with zero attached hydrogens (tertiary/aromatic N) is 2. The van der Waals surface area contributed by atoms with Crippen molar-refractivity contribution in [1.29, 1.82) is 0 Å². The van der Waals surface area contributed by atoms with Crippen molar-refractivity contribution < 1.29 is 14.8 Å². The van der Waals surface area contributed by atoms with Crippen molar-refractivity contribution in [2.45, 2.75) is 13.8 Å². The number of nitro benzene ring substituents is 1. The summed E-state index contributed by atoms with van der Waals surface area (Å²) in [5, 5.41) is 19.6. The van der Waals surface area contributed by atoms with E-state index in [1.54, 1.807) is 13.0 Å². The number of carbonyl (C=O) groups is 1. The minimum absolute atomic E-state index is 0.0375. The molecular formula is C12H15IN2O4. The van der Waals surface area contributed by atoms with Crippen molar-refractivity contribution in [1.82, 2.24) is 0 Å². The minimum Gasteiger partial charge on any atom is -0.481 e. The summed E-state index contributed by atoms with van der Waals surface area (Å²) in [6.45, 7) is 4.58. The fourth-order valence-electron chi connectivity index (χ4n) is 1.67. The zero-order valence-electron chi connectivity index (χ0n) is 10.7. The molecule has 0 aromatic heterocycles. The summed E-state index contributed by atoms with van der Waals surface area (Å²) in [6, 6.07) is 4.59. The van der Waals surface area contributed by atoms with Crippen LogP contribution in [-0.2, 0) is 4.79 Å². The third-order valence-electron chi connectivity index (χ3n) is 2.78. The Bertz CT molecular complexity index is 493. The first-order valence-electron chi connectivity index (χ1n) is 5.78. The molecular weight excluding hydrogens is 363 g/mol. The molecule has 0 saturated heterocycles. The molecule has 0 aliphatic heterocycles. The summed E-state index contributed by atoms with van der Waals surface area (Å²) in [5.41, 5.74) is 0.859. The van der Waals surface area contributed by atoms with Crippen molar-refractivity contribution in [2.24, 2.45) is 5.92 Å². The summed E-state index contributed by atoms with van der Waals surface area (Å²) in [6.07, 6.45) is 0. The van der Waals surface area contributed by atoms with Crippen LogP contribution >= 0.6 is 22.6 Å². The van der Waals surface area contributed by atoms with Gasteiger partial charge in [-0.3, -0.25) is 14.9 Å². The van der Waals surface area contributed by atoms with Crippen LogP contribution in [0.3, 0.4) is 0 Å². The van der Waals surface area contributed by atoms with E-state index in [1.807, 2.05) is 34.4 Å². The Hall–Kier alpha value is -1.38. The number of non-ortho nitro benzene ring substituents is 1. The number of anilines is 1. The van der Waals surface area contributed by atoms with Gasteiger partial charge < -0.3 is 10.0 Å². The second-order valence-electron chi connectivity index (χ2n) is 4.17. The summed E-state index contributed by atoms with van der Waals surface area (Å²) >= 11 is 2.03. The lowest BCUT2D eigenvalue weighted by Gasteiger charge is -2.26. The number of carboxylic acid groups (broad SMARTS) is 1. The SMILES string of the molecule is CCN(CC(C)C(=O)O)c1ccc([N+](=O)[O-])cc1I. The lowest BCUT2D eigenvalue weighted by molar-refractivity contribution is -0.384. The Labute approximate surface area is 124 Å². The molecule has 1 rings (SSSR count). The van der Waals surface area contributed by atoms with E-state index in [0.717, 1.165) is 9.26 Å². The Morgan fingerprint density at radius 2 is 2.21 bits per heavy atom. The third-order valence-corrected chi connectivity index (χ3v) is 3.64. The Kier molecular flexibility index (Phi) is 5.52. The quantitative estimate of drug-likeness (QED) is 0.468. The van der Waals surface area contributed by atoms with Gasteiger partial charge in [0, 0.05) is 28.8 Å². The Morgan fingerprint density at radius 1 is 1.58 bits per heavy atom. The summed E-state index contributed by atoms with van der Waals surface area (Å²) in [7, 11) is 0. The van der Waals surface area contributed by atoms with Gasteiger partial charge in [-0.15, -0.1) is 0 Å². The minimum atomic E-state index is -0.852. The van der Waals surface area contributed by atoms with Gasteiger partial charge in [0.2, 0.25) is 0 Å². The van der Waals surface area contributed by atoms with Crippen LogP contribution in [0.4, 0.5) is 11.4 Å². The zero-order chi connectivity index (χ0) is 14.6. The third kappa shape index (κ3) is 4.05. The Morgan fingerprint density at radius 3 is 2.63 bits per heavy atom. The standard InChI is InChI=1S/C12H15IN2O4/c1-3-14(7-8(2)12(16)17)11-5-4-9(15(18)19)6-10(11)13/h4-6,8H,3,7H2,1-2H3,(H,16,17). The van der Waals surface area contributed by atoms with E-state index in [-0.39, 0.29) is 5.69 Å². The summed E-state index contributed by atoms with van der Waals surface area (Å²) < 4.78 is 0.742. The maximum absolute atomic E-state index is 10.9. The predicted molar refractivity (Wildman–Crippen MR) is 80.5 cm³/mol. The average molecular weight is 378 g/mol. The van der Waals surface area contributed by atoms with E-state index in [1.165, 1.54) is 12.1 Å². The molecule has 19 heavy (non-hydrogen) atoms. The fourth-order valence-corrected chi connectivity index (χ4v) is 2.51. The zero-order valence-corrected chi connectivity index (χ0v) is 12.8. The van der Waals surface area contributed by atoms with Gasteiger partial charge >= 0.3 is 5.97 Å². The maximum Gasteiger partial charge on any atom is 0.308 e. The van der Waals surface area contributed by atoms with E-state index in [4.69, 9.17) is 5.11 Å². The molecule has 1 unspecified atom stereocenters. The van der Waals surface area contributed by atoms with Gasteiger partial charge in [-0.1, -0.05) is 6.92 Å². The van der Waals surface area contributed by atoms with Gasteiger partial charge in [0.25, 0.3) is 5.69 Å². The number of rotatable bonds is 6. The molecule has 1 N–H and O–H groups in total. The molecule has 7 heteroatoms. The van der Waals surface area contributed by atoms with Crippen molar-refractivity contribution in [3.63, 3.8) is 0 Å². The van der Waals surface area contributed by atoms with Crippen molar-refractivity contribution >= 4 is 39.9 Å². The van der Waals surface area contributed by atoms with E-state index in [2.05, 4.69) is 0 Å². The van der Waals surface area contributed by atoms with Gasteiger partial charge in [0.05, 0.1) is 16.5 Å². The van der Waals surface area contributed by atoms with Crippen molar-refractivity contribution in [2.75, 3.05) is 18.0 Å². The number of benzene rings is 1. The van der Waals surface area contributed by atoms with Crippen LogP contribution < -0.4 is 4.90 Å². The number of hydrogen-bond donors (Lipinski definition) is 1. The topological polar surface area (TPSA) is 83.7 Å². The van der Waals surface area contributed by atoms with Crippen LogP contribution in [0.25, 0.3) is 0 Å². The summed E-state index contributed by atoms with van der Waals surface area (Å²) in [4.78, 5) is 23.0. The molecule has 0 radical (unpaired) electrons. The second kappa shape index (κ2) is 6.69. The van der Waals surface area contributed by atoms with Crippen LogP contribution in [0.1, 0.15) is 13.8 Å². The molecule has 6 nitrogen and oxygen atoms in total. The first kappa shape index (κ1) is 15.7. The number of hydrogen-bond acceptors (Lipinski definition) is 4. The van der Waals surface area contributed by atoms with Gasteiger partial charge in [-0.05, 0) is 35.6 Å². The van der Waals surface area contributed by atoms with Gasteiger partial charge in [-0.2, -0.15) is 0 Å². The number of aliphatic carboxylic acids is 1. The van der Waals surface area contributed by atoms with E-state index < -0.39 is 16.8 Å². The van der Waals surface area contributed by atoms with Crippen LogP contribution in [0, 0.1) is 19.6 Å². The molecule has 0 spiro atoms. The highest BCUT2D eigenvalue weighted by Crippen LogP contribution is 2.27. The first-order valence-corrected chi connectivity index (χ1v) is 6.86. The molecule has 0 aliphatic rings. The number of carboxylic acids is 1. The molecule has 1 atom stereocenters. The lowest BCUT2D eigenvalue weighted by atomic mass is 10.1. The van der Waals surface area contributed by atoms with Gasteiger partial charge in [0.1, 0.15) is 0 Å². The molecule has 0 aliphatic carbocycles. The number of halogens is 1. The van der Waals surface area contributed by atoms with Crippen LogP contribution in [-0.4, -0.2) is 29.1 Å². The van der Waals surface area contributed by atoms with Gasteiger partial charge in [0.15, 0.2) is 0 Å². The molecule has 0 bridgehead atoms. The lowest BCUT2D eigenvalue weighted by Crippen LogP contribution is -2.32. The Balaban J connectivity index is 2.99. The van der Waals surface area contributed by atoms with Crippen LogP contribution in [0.5, 0.6) is 0 Å². The van der Waals surface area contributed by atoms with Crippen molar-refractivity contribution in [3.05, 3.63) is 31.9 Å². The van der Waals surface area contributed by atoms with E-state index in [0.29, 0.717) is 13.1 Å². The highest BCUT2D eigenvalue weighted by atomic mass is 127. The molecule has 1 aromatic rings. The smallest absolute Gasteiger partial charge is 0.308 e. The summed E-state index contributed by atoms with van der Waals surface area (Å²) in [5.74, 6) is -1.35. The molecule has 0 heterocycles. The molecule has 1 aromatic carbocycles. The van der Waals surface area contributed by atoms with Crippen molar-refractivity contribution in [3.8, 4) is 0 Å². The normalized spacial score (nSPS) is 11.9. The van der Waals surface area contributed by atoms with Crippen LogP contribution in [0.15, 0.2) is 18.2 Å². The number of nitro groups is 1.